The summed E-state index contributed by atoms with van der Waals surface area (Å²) < 4.78 is 5.14. The molecule has 0 atom stereocenters. The van der Waals surface area contributed by atoms with Crippen molar-refractivity contribution in [3.8, 4) is 100 Å². The first kappa shape index (κ1) is 67.1. The average molecular weight is 1440 g/mol. The smallest absolute Gasteiger partial charge is 0.252 e. The summed E-state index contributed by atoms with van der Waals surface area (Å²) in [6, 6.07) is 145. The molecule has 0 saturated heterocycles. The molecule has 0 amide bonds. The highest BCUT2D eigenvalue weighted by atomic mass is 15.2. The molecule has 19 aromatic rings. The van der Waals surface area contributed by atoms with Gasteiger partial charge in [0.1, 0.15) is 0 Å². The van der Waals surface area contributed by atoms with Crippen molar-refractivity contribution in [3.05, 3.63) is 405 Å². The molecule has 0 fully saturated rings. The maximum atomic E-state index is 2.72. The zero-order chi connectivity index (χ0) is 75.6. The van der Waals surface area contributed by atoms with Crippen molar-refractivity contribution in [2.75, 3.05) is 9.80 Å². The van der Waals surface area contributed by atoms with E-state index in [2.05, 4.69) is 442 Å². The predicted octanol–water partition coefficient (Wildman–Crippen LogP) is 27.2. The van der Waals surface area contributed by atoms with E-state index in [1.165, 1.54) is 111 Å². The van der Waals surface area contributed by atoms with Crippen LogP contribution in [0.15, 0.2) is 388 Å². The third-order valence-electron chi connectivity index (χ3n) is 24.0. The Kier molecular flexibility index (Phi) is 16.0. The lowest BCUT2D eigenvalue weighted by Crippen LogP contribution is -2.62. The molecule has 2 aliphatic rings. The van der Waals surface area contributed by atoms with Crippen LogP contribution in [0.1, 0.15) is 37.5 Å². The van der Waals surface area contributed by atoms with Crippen LogP contribution in [-0.2, 0) is 5.41 Å². The number of hydrogen-bond acceptors (Lipinski definition) is 2. The van der Waals surface area contributed by atoms with E-state index in [-0.39, 0.29) is 12.1 Å². The first-order valence-corrected chi connectivity index (χ1v) is 39.5. The van der Waals surface area contributed by atoms with E-state index in [4.69, 9.17) is 0 Å². The Balaban J connectivity index is 0.898. The first-order chi connectivity index (χ1) is 55.5. The molecule has 0 aliphatic carbocycles. The van der Waals surface area contributed by atoms with Crippen molar-refractivity contribution >= 4 is 101 Å². The highest BCUT2D eigenvalue weighted by Crippen LogP contribution is 2.54. The van der Waals surface area contributed by atoms with Gasteiger partial charge in [0.25, 0.3) is 6.71 Å². The monoisotopic (exact) mass is 1440 g/mol. The molecule has 534 valence electrons. The van der Waals surface area contributed by atoms with Gasteiger partial charge in [0.2, 0.25) is 0 Å². The Labute approximate surface area is 660 Å². The molecule has 0 bridgehead atoms. The van der Waals surface area contributed by atoms with Crippen LogP contribution in [0.3, 0.4) is 0 Å². The van der Waals surface area contributed by atoms with Crippen LogP contribution in [0, 0.1) is 13.8 Å². The van der Waals surface area contributed by atoms with Crippen LogP contribution >= 0.6 is 0 Å². The Morgan fingerprint density at radius 1 is 0.221 bits per heavy atom. The predicted molar refractivity (Wildman–Crippen MR) is 481 cm³/mol. The van der Waals surface area contributed by atoms with Crippen LogP contribution in [-0.4, -0.2) is 15.8 Å². The molecular formula is C108H79BN4. The van der Waals surface area contributed by atoms with Crippen molar-refractivity contribution in [2.45, 2.75) is 40.0 Å². The Hall–Kier alpha value is -14.0. The normalized spacial score (nSPS) is 12.4. The summed E-state index contributed by atoms with van der Waals surface area (Å²) in [6.45, 7) is 11.8. The van der Waals surface area contributed by atoms with Crippen LogP contribution in [0.2, 0.25) is 0 Å². The van der Waals surface area contributed by atoms with E-state index < -0.39 is 0 Å². The molecule has 2 aromatic heterocycles. The van der Waals surface area contributed by atoms with E-state index in [0.29, 0.717) is 0 Å². The lowest BCUT2D eigenvalue weighted by atomic mass is 9.33. The number of nitrogens with zero attached hydrogens (tertiary/aromatic N) is 4. The molecule has 2 aliphatic heterocycles. The quantitative estimate of drug-likeness (QED) is 0.113. The highest BCUT2D eigenvalue weighted by Gasteiger charge is 2.47. The maximum Gasteiger partial charge on any atom is 0.252 e. The van der Waals surface area contributed by atoms with Gasteiger partial charge in [-0.15, -0.1) is 0 Å². The van der Waals surface area contributed by atoms with Gasteiger partial charge >= 0.3 is 0 Å². The van der Waals surface area contributed by atoms with E-state index in [9.17, 15) is 0 Å². The fourth-order valence-electron chi connectivity index (χ4n) is 18.5. The molecule has 21 rings (SSSR count). The number of benzene rings is 17. The van der Waals surface area contributed by atoms with Crippen LogP contribution < -0.4 is 26.2 Å². The lowest BCUT2D eigenvalue weighted by Gasteiger charge is -2.47. The molecule has 5 heteroatoms. The SMILES string of the molecule is Cc1c(-n2c3ccc(-c4ccccc4)cc3c3cc(-c4ccccc4)ccc32)ccc2c1N(c1cc(-c3ccccc3)ccc1-c1ccccc1)c1cc(C(C)(C)C)cc3c1B2c1ccc(-n2c4ccc(-c5ccccc5)cc4c4cc(-c5ccccc5)ccc42)c(C)c1N3c1cc(-c2ccccc2)ccc1-c1ccccc1. The minimum Gasteiger partial charge on any atom is -0.310 e. The van der Waals surface area contributed by atoms with E-state index in [1.807, 2.05) is 0 Å². The number of anilines is 6. The summed E-state index contributed by atoms with van der Waals surface area (Å²) in [4.78, 5) is 5.44. The number of hydrogen-bond donors (Lipinski definition) is 0. The third kappa shape index (κ3) is 11.2. The van der Waals surface area contributed by atoms with Crippen molar-refractivity contribution < 1.29 is 0 Å². The summed E-state index contributed by atoms with van der Waals surface area (Å²) in [5, 5.41) is 4.82. The molecule has 0 spiro atoms. The summed E-state index contributed by atoms with van der Waals surface area (Å²) in [5.74, 6) is 0. The van der Waals surface area contributed by atoms with Crippen LogP contribution in [0.25, 0.3) is 144 Å². The molecule has 0 radical (unpaired) electrons. The largest absolute Gasteiger partial charge is 0.310 e. The third-order valence-corrected chi connectivity index (χ3v) is 24.0. The van der Waals surface area contributed by atoms with Crippen molar-refractivity contribution in [1.29, 1.82) is 0 Å². The average Bonchev–Trinajstić information content (AvgIpc) is 0.984. The van der Waals surface area contributed by atoms with E-state index in [1.54, 1.807) is 0 Å². The van der Waals surface area contributed by atoms with Gasteiger partial charge in [-0.1, -0.05) is 324 Å². The number of fused-ring (bicyclic) bond motifs is 10. The minimum atomic E-state index is -0.338. The summed E-state index contributed by atoms with van der Waals surface area (Å²) in [5.41, 5.74) is 39.3. The summed E-state index contributed by atoms with van der Waals surface area (Å²) in [7, 11) is 0. The number of aromatic nitrogens is 2. The van der Waals surface area contributed by atoms with Gasteiger partial charge in [-0.25, -0.2) is 0 Å². The Morgan fingerprint density at radius 2 is 0.478 bits per heavy atom. The summed E-state index contributed by atoms with van der Waals surface area (Å²) >= 11 is 0. The molecule has 4 nitrogen and oxygen atoms in total. The van der Waals surface area contributed by atoms with Crippen molar-refractivity contribution in [2.24, 2.45) is 0 Å². The Morgan fingerprint density at radius 3 is 0.752 bits per heavy atom. The fraction of sp³-hybridized carbons (Fsp3) is 0.0556. The minimum absolute atomic E-state index is 0.262. The molecular weight excluding hydrogens is 1360 g/mol. The van der Waals surface area contributed by atoms with Gasteiger partial charge in [-0.05, 0) is 215 Å². The zero-order valence-electron chi connectivity index (χ0n) is 63.8. The van der Waals surface area contributed by atoms with Crippen molar-refractivity contribution in [3.63, 3.8) is 0 Å². The van der Waals surface area contributed by atoms with Gasteiger partial charge in [-0.3, -0.25) is 0 Å². The van der Waals surface area contributed by atoms with Gasteiger partial charge in [0.15, 0.2) is 0 Å². The van der Waals surface area contributed by atoms with E-state index in [0.717, 1.165) is 101 Å². The topological polar surface area (TPSA) is 16.3 Å². The second-order valence-electron chi connectivity index (χ2n) is 31.6. The maximum absolute atomic E-state index is 2.72. The molecule has 113 heavy (non-hydrogen) atoms. The number of rotatable bonds is 12. The van der Waals surface area contributed by atoms with Gasteiger partial charge in [0.05, 0.1) is 44.8 Å². The lowest BCUT2D eigenvalue weighted by molar-refractivity contribution is 0.590. The fourth-order valence-corrected chi connectivity index (χ4v) is 18.5. The second kappa shape index (κ2) is 26.9. The highest BCUT2D eigenvalue weighted by molar-refractivity contribution is 7.00. The zero-order valence-corrected chi connectivity index (χ0v) is 63.8. The standard InChI is InChI=1S/C108H79BN4/c1-70-95(110-97-56-48-80(72-30-14-6-15-31-72)62-89(97)90-63-81(49-57-98(90)110)73-32-16-7-17-33-73)60-54-93-106(70)112(101-66-84(76-38-22-10-23-39-76)46-52-87(101)78-42-26-12-27-43-78)103-68-86(108(3,4)5)69-104-105(103)109(93)94-55-61-96(71(2)107(94)113(104)102-67-85(77-40-24-11-25-41-77)47-53-88(102)79-44-28-13-29-45-79)111-99-58-50-82(74-34-18-8-19-35-74)64-91(99)92-65-83(51-59-100(92)111)75-36-20-9-21-37-75/h6-69H,1-5H3. The van der Waals surface area contributed by atoms with Gasteiger partial charge in [0, 0.05) is 55.4 Å². The first-order valence-electron chi connectivity index (χ1n) is 39.5. The molecule has 0 N–H and O–H groups in total. The summed E-state index contributed by atoms with van der Waals surface area (Å²) in [6.07, 6.45) is 0. The van der Waals surface area contributed by atoms with Crippen LogP contribution in [0.5, 0.6) is 0 Å². The molecule has 4 heterocycles. The van der Waals surface area contributed by atoms with E-state index >= 15 is 0 Å². The Bertz CT molecular complexity index is 6340. The van der Waals surface area contributed by atoms with Gasteiger partial charge < -0.3 is 18.9 Å². The molecule has 17 aromatic carbocycles. The van der Waals surface area contributed by atoms with Gasteiger partial charge in [-0.2, -0.15) is 0 Å². The molecule has 0 saturated carbocycles. The molecule has 0 unspecified atom stereocenters. The van der Waals surface area contributed by atoms with Crippen molar-refractivity contribution in [1.82, 2.24) is 9.13 Å². The van der Waals surface area contributed by atoms with Crippen LogP contribution in [0.4, 0.5) is 34.1 Å². The second-order valence-corrected chi connectivity index (χ2v) is 31.6.